The molecule has 1 aromatic rings. The summed E-state index contributed by atoms with van der Waals surface area (Å²) < 4.78 is 5.07. The normalized spacial score (nSPS) is 10.1. The topological polar surface area (TPSA) is 22.1 Å². The number of halogens is 1. The highest BCUT2D eigenvalue weighted by Crippen LogP contribution is 2.22. The van der Waals surface area contributed by atoms with Crippen molar-refractivity contribution in [1.29, 1.82) is 0 Å². The van der Waals surface area contributed by atoms with Gasteiger partial charge in [0.1, 0.15) is 0 Å². The third-order valence-electron chi connectivity index (χ3n) is 1.90. The Balaban J connectivity index is 2.74. The molecule has 2 nitrogen and oxygen atoms in total. The molecule has 0 aliphatic heterocycles. The first-order valence-electron chi connectivity index (χ1n) is 4.46. The molecule has 0 saturated carbocycles. The van der Waals surface area contributed by atoms with Crippen LogP contribution in [0.1, 0.15) is 25.3 Å². The largest absolute Gasteiger partial charge is 0.494 e. The number of pyridine rings is 1. The molecule has 0 fully saturated rings. The van der Waals surface area contributed by atoms with E-state index in [-0.39, 0.29) is 0 Å². The summed E-state index contributed by atoms with van der Waals surface area (Å²) in [4.78, 5) is 4.04. The third-order valence-corrected chi connectivity index (χ3v) is 2.19. The van der Waals surface area contributed by atoms with Crippen molar-refractivity contribution in [2.45, 2.75) is 26.2 Å². The number of aryl methyl sites for hydroxylation is 1. The van der Waals surface area contributed by atoms with Gasteiger partial charge in [-0.25, -0.2) is 4.98 Å². The van der Waals surface area contributed by atoms with Crippen LogP contribution in [-0.4, -0.2) is 12.1 Å². The van der Waals surface area contributed by atoms with Crippen LogP contribution < -0.4 is 4.74 Å². The van der Waals surface area contributed by atoms with Crippen LogP contribution in [0.5, 0.6) is 5.75 Å². The Hall–Kier alpha value is -0.760. The summed E-state index contributed by atoms with van der Waals surface area (Å²) >= 11 is 5.79. The average molecular weight is 200 g/mol. The van der Waals surface area contributed by atoms with E-state index in [1.165, 1.54) is 18.4 Å². The van der Waals surface area contributed by atoms with E-state index in [4.69, 9.17) is 16.3 Å². The molecule has 13 heavy (non-hydrogen) atoms. The Morgan fingerprint density at radius 1 is 1.54 bits per heavy atom. The van der Waals surface area contributed by atoms with Crippen LogP contribution in [0.15, 0.2) is 12.3 Å². The van der Waals surface area contributed by atoms with E-state index >= 15 is 0 Å². The summed E-state index contributed by atoms with van der Waals surface area (Å²) in [6, 6.07) is 1.95. The van der Waals surface area contributed by atoms with E-state index in [9.17, 15) is 0 Å². The fraction of sp³-hybridized carbons (Fsp3) is 0.500. The van der Waals surface area contributed by atoms with Gasteiger partial charge in [-0.15, -0.1) is 0 Å². The zero-order valence-electron chi connectivity index (χ0n) is 8.01. The van der Waals surface area contributed by atoms with Gasteiger partial charge < -0.3 is 4.74 Å². The maximum Gasteiger partial charge on any atom is 0.171 e. The second-order valence-corrected chi connectivity index (χ2v) is 3.30. The third kappa shape index (κ3) is 2.88. The molecule has 0 aliphatic rings. The standard InChI is InChI=1S/C10H14ClNO/c1-3-4-5-8-6-9(13-2)10(11)12-7-8/h6-7H,3-5H2,1-2H3. The Morgan fingerprint density at radius 3 is 2.92 bits per heavy atom. The van der Waals surface area contributed by atoms with Crippen molar-refractivity contribution in [3.05, 3.63) is 23.0 Å². The second-order valence-electron chi connectivity index (χ2n) is 2.94. The molecular formula is C10H14ClNO. The van der Waals surface area contributed by atoms with E-state index in [0.717, 1.165) is 6.42 Å². The van der Waals surface area contributed by atoms with Crippen molar-refractivity contribution in [3.63, 3.8) is 0 Å². The van der Waals surface area contributed by atoms with Gasteiger partial charge in [0.25, 0.3) is 0 Å². The van der Waals surface area contributed by atoms with Crippen molar-refractivity contribution in [1.82, 2.24) is 4.98 Å². The second kappa shape index (κ2) is 5.07. The summed E-state index contributed by atoms with van der Waals surface area (Å²) in [5.74, 6) is 0.662. The molecule has 0 aromatic carbocycles. The average Bonchev–Trinajstić information content (AvgIpc) is 2.16. The van der Waals surface area contributed by atoms with Crippen LogP contribution in [0.2, 0.25) is 5.15 Å². The predicted octanol–water partition coefficient (Wildman–Crippen LogP) is 3.09. The molecule has 0 atom stereocenters. The summed E-state index contributed by atoms with van der Waals surface area (Å²) in [6.07, 6.45) is 5.20. The first-order valence-corrected chi connectivity index (χ1v) is 4.84. The molecular weight excluding hydrogens is 186 g/mol. The van der Waals surface area contributed by atoms with Gasteiger partial charge >= 0.3 is 0 Å². The van der Waals surface area contributed by atoms with Gasteiger partial charge in [-0.2, -0.15) is 0 Å². The molecule has 0 bridgehead atoms. The van der Waals surface area contributed by atoms with E-state index in [1.807, 2.05) is 6.07 Å². The van der Waals surface area contributed by atoms with Gasteiger partial charge in [-0.05, 0) is 24.5 Å². The zero-order valence-corrected chi connectivity index (χ0v) is 8.77. The SMILES string of the molecule is CCCCc1cnc(Cl)c(OC)c1. The van der Waals surface area contributed by atoms with Crippen LogP contribution in [0.25, 0.3) is 0 Å². The molecule has 0 unspecified atom stereocenters. The van der Waals surface area contributed by atoms with E-state index in [2.05, 4.69) is 11.9 Å². The number of unbranched alkanes of at least 4 members (excludes halogenated alkanes) is 1. The first-order chi connectivity index (χ1) is 6.27. The van der Waals surface area contributed by atoms with Gasteiger partial charge in [-0.1, -0.05) is 24.9 Å². The minimum absolute atomic E-state index is 0.433. The molecule has 0 saturated heterocycles. The quantitative estimate of drug-likeness (QED) is 0.696. The highest BCUT2D eigenvalue weighted by Gasteiger charge is 2.02. The molecule has 0 radical (unpaired) electrons. The van der Waals surface area contributed by atoms with Crippen molar-refractivity contribution in [2.24, 2.45) is 0 Å². The minimum Gasteiger partial charge on any atom is -0.494 e. The Labute approximate surface area is 83.9 Å². The predicted molar refractivity (Wildman–Crippen MR) is 54.4 cm³/mol. The molecule has 0 spiro atoms. The van der Waals surface area contributed by atoms with Gasteiger partial charge in [-0.3, -0.25) is 0 Å². The molecule has 0 aliphatic carbocycles. The highest BCUT2D eigenvalue weighted by molar-refractivity contribution is 6.30. The molecule has 0 amide bonds. The highest BCUT2D eigenvalue weighted by atomic mass is 35.5. The van der Waals surface area contributed by atoms with Crippen molar-refractivity contribution >= 4 is 11.6 Å². The summed E-state index contributed by atoms with van der Waals surface area (Å²) in [7, 11) is 1.60. The lowest BCUT2D eigenvalue weighted by molar-refractivity contribution is 0.412. The van der Waals surface area contributed by atoms with E-state index < -0.39 is 0 Å². The van der Waals surface area contributed by atoms with Gasteiger partial charge in [0.05, 0.1) is 7.11 Å². The summed E-state index contributed by atoms with van der Waals surface area (Å²) in [5.41, 5.74) is 1.18. The summed E-state index contributed by atoms with van der Waals surface area (Å²) in [5, 5.41) is 0.433. The first kappa shape index (κ1) is 10.3. The lowest BCUT2D eigenvalue weighted by Gasteiger charge is -2.04. The van der Waals surface area contributed by atoms with Gasteiger partial charge in [0, 0.05) is 6.20 Å². The fourth-order valence-corrected chi connectivity index (χ4v) is 1.31. The van der Waals surface area contributed by atoms with E-state index in [1.54, 1.807) is 13.3 Å². The number of nitrogens with zero attached hydrogens (tertiary/aromatic N) is 1. The smallest absolute Gasteiger partial charge is 0.171 e. The van der Waals surface area contributed by atoms with Gasteiger partial charge in [0.15, 0.2) is 10.9 Å². The van der Waals surface area contributed by atoms with Crippen LogP contribution in [0.4, 0.5) is 0 Å². The molecule has 1 aromatic heterocycles. The number of ether oxygens (including phenoxy) is 1. The number of hydrogen-bond acceptors (Lipinski definition) is 2. The molecule has 72 valence electrons. The number of rotatable bonds is 4. The molecule has 3 heteroatoms. The Morgan fingerprint density at radius 2 is 2.31 bits per heavy atom. The lowest BCUT2D eigenvalue weighted by Crippen LogP contribution is -1.91. The van der Waals surface area contributed by atoms with Crippen molar-refractivity contribution in [2.75, 3.05) is 7.11 Å². The maximum atomic E-state index is 5.79. The number of methoxy groups -OCH3 is 1. The minimum atomic E-state index is 0.433. The Bertz CT molecular complexity index is 276. The fourth-order valence-electron chi connectivity index (χ4n) is 1.13. The number of hydrogen-bond donors (Lipinski definition) is 0. The number of aromatic nitrogens is 1. The Kier molecular flexibility index (Phi) is 4.03. The molecule has 1 rings (SSSR count). The van der Waals surface area contributed by atoms with E-state index in [0.29, 0.717) is 10.9 Å². The zero-order chi connectivity index (χ0) is 9.68. The lowest BCUT2D eigenvalue weighted by atomic mass is 10.1. The van der Waals surface area contributed by atoms with Crippen LogP contribution in [0, 0.1) is 0 Å². The molecule has 1 heterocycles. The van der Waals surface area contributed by atoms with Crippen LogP contribution >= 0.6 is 11.6 Å². The van der Waals surface area contributed by atoms with Crippen molar-refractivity contribution < 1.29 is 4.74 Å². The van der Waals surface area contributed by atoms with Crippen molar-refractivity contribution in [3.8, 4) is 5.75 Å². The van der Waals surface area contributed by atoms with Gasteiger partial charge in [0.2, 0.25) is 0 Å². The van der Waals surface area contributed by atoms with Crippen LogP contribution in [-0.2, 0) is 6.42 Å². The monoisotopic (exact) mass is 199 g/mol. The summed E-state index contributed by atoms with van der Waals surface area (Å²) in [6.45, 7) is 2.17. The molecule has 0 N–H and O–H groups in total. The van der Waals surface area contributed by atoms with Crippen LogP contribution in [0.3, 0.4) is 0 Å². The maximum absolute atomic E-state index is 5.79.